The molecule has 3 rings (SSSR count). The van der Waals surface area contributed by atoms with Gasteiger partial charge in [0.1, 0.15) is 0 Å². The molecule has 0 amide bonds. The lowest BCUT2D eigenvalue weighted by atomic mass is 10.0. The molecule has 1 aromatic heterocycles. The molecule has 1 aliphatic heterocycles. The minimum Gasteiger partial charge on any atom is -0.314 e. The number of benzene rings is 1. The lowest BCUT2D eigenvalue weighted by Crippen LogP contribution is -2.45. The van der Waals surface area contributed by atoms with Crippen molar-refractivity contribution in [3.8, 4) is 0 Å². The van der Waals surface area contributed by atoms with Crippen LogP contribution in [0, 0.1) is 0 Å². The smallest absolute Gasteiger partial charge is 0.314 e. The Morgan fingerprint density at radius 3 is 2.21 bits per heavy atom. The van der Waals surface area contributed by atoms with Gasteiger partial charge in [-0.2, -0.15) is 26.3 Å². The molecule has 0 spiro atoms. The van der Waals surface area contributed by atoms with Crippen LogP contribution in [-0.2, 0) is 18.9 Å². The van der Waals surface area contributed by atoms with Gasteiger partial charge in [-0.3, -0.25) is 9.88 Å². The maximum atomic E-state index is 13.1. The third-order valence-electron chi connectivity index (χ3n) is 4.46. The average Bonchev–Trinajstić information content (AvgIpc) is 2.61. The molecule has 3 nitrogen and oxygen atoms in total. The third kappa shape index (κ3) is 5.36. The van der Waals surface area contributed by atoms with Crippen molar-refractivity contribution in [3.63, 3.8) is 0 Å². The van der Waals surface area contributed by atoms with Crippen LogP contribution in [0.5, 0.6) is 0 Å². The van der Waals surface area contributed by atoms with Crippen LogP contribution in [0.25, 0.3) is 0 Å². The van der Waals surface area contributed by atoms with E-state index in [0.29, 0.717) is 19.6 Å². The van der Waals surface area contributed by atoms with E-state index in [1.165, 1.54) is 0 Å². The summed E-state index contributed by atoms with van der Waals surface area (Å²) in [7, 11) is 0. The maximum Gasteiger partial charge on any atom is 0.416 e. The molecule has 1 atom stereocenters. The van der Waals surface area contributed by atoms with Crippen molar-refractivity contribution in [2.24, 2.45) is 0 Å². The predicted octanol–water partition coefficient (Wildman–Crippen LogP) is 4.69. The molecule has 10 heteroatoms. The first-order valence-electron chi connectivity index (χ1n) is 8.27. The Morgan fingerprint density at radius 2 is 1.68 bits per heavy atom. The SMILES string of the molecule is Cl.FC(F)(F)c1cc(CN2CCNCC2c2cccnc2)cc(C(F)(F)F)c1. The van der Waals surface area contributed by atoms with E-state index in [0.717, 1.165) is 17.7 Å². The third-order valence-corrected chi connectivity index (χ3v) is 4.46. The summed E-state index contributed by atoms with van der Waals surface area (Å²) in [4.78, 5) is 5.91. The normalized spacial score (nSPS) is 18.6. The van der Waals surface area contributed by atoms with Crippen LogP contribution in [0.2, 0.25) is 0 Å². The van der Waals surface area contributed by atoms with Crippen molar-refractivity contribution < 1.29 is 26.3 Å². The van der Waals surface area contributed by atoms with Crippen LogP contribution in [0.15, 0.2) is 42.7 Å². The Balaban J connectivity index is 0.00000280. The standard InChI is InChI=1S/C18H17F6N3.ClH/c19-17(20,21)14-6-12(7-15(8-14)18(22,23)24)11-27-5-4-26-10-16(27)13-2-1-3-25-9-13;/h1-3,6-9,16,26H,4-5,10-11H2;1H. The number of nitrogens with one attached hydrogen (secondary N) is 1. The molecule has 1 unspecified atom stereocenters. The summed E-state index contributed by atoms with van der Waals surface area (Å²) in [6, 6.07) is 5.13. The van der Waals surface area contributed by atoms with Gasteiger partial charge in [-0.05, 0) is 35.4 Å². The number of rotatable bonds is 3. The van der Waals surface area contributed by atoms with E-state index in [-0.39, 0.29) is 36.6 Å². The Hall–Kier alpha value is -1.84. The molecule has 0 bridgehead atoms. The molecule has 2 heterocycles. The Labute approximate surface area is 164 Å². The fraction of sp³-hybridized carbons (Fsp3) is 0.389. The van der Waals surface area contributed by atoms with E-state index < -0.39 is 23.5 Å². The van der Waals surface area contributed by atoms with E-state index >= 15 is 0 Å². The van der Waals surface area contributed by atoms with Gasteiger partial charge in [0.05, 0.1) is 11.1 Å². The highest BCUT2D eigenvalue weighted by Crippen LogP contribution is 2.37. The highest BCUT2D eigenvalue weighted by molar-refractivity contribution is 5.85. The maximum absolute atomic E-state index is 13.1. The van der Waals surface area contributed by atoms with Gasteiger partial charge in [0.25, 0.3) is 0 Å². The topological polar surface area (TPSA) is 28.2 Å². The molecule has 1 aliphatic rings. The second-order valence-corrected chi connectivity index (χ2v) is 6.39. The molecule has 1 aromatic carbocycles. The zero-order chi connectivity index (χ0) is 19.7. The van der Waals surface area contributed by atoms with Crippen LogP contribution >= 0.6 is 12.4 Å². The Bertz CT molecular complexity index is 747. The van der Waals surface area contributed by atoms with Crippen molar-refractivity contribution in [1.82, 2.24) is 15.2 Å². The quantitative estimate of drug-likeness (QED) is 0.723. The van der Waals surface area contributed by atoms with E-state index in [2.05, 4.69) is 10.3 Å². The second kappa shape index (κ2) is 8.67. The molecular formula is C18H18ClF6N3. The molecular weight excluding hydrogens is 408 g/mol. The fourth-order valence-corrected chi connectivity index (χ4v) is 3.18. The summed E-state index contributed by atoms with van der Waals surface area (Å²) in [5.41, 5.74) is -1.75. The average molecular weight is 426 g/mol. The first kappa shape index (κ1) is 22.4. The van der Waals surface area contributed by atoms with E-state index in [9.17, 15) is 26.3 Å². The number of hydrogen-bond donors (Lipinski definition) is 1. The number of nitrogens with zero attached hydrogens (tertiary/aromatic N) is 2. The molecule has 154 valence electrons. The highest BCUT2D eigenvalue weighted by Gasteiger charge is 2.37. The minimum absolute atomic E-state index is 0. The fourth-order valence-electron chi connectivity index (χ4n) is 3.18. The van der Waals surface area contributed by atoms with E-state index in [1.807, 2.05) is 11.0 Å². The van der Waals surface area contributed by atoms with Gasteiger partial charge in [-0.15, -0.1) is 12.4 Å². The lowest BCUT2D eigenvalue weighted by Gasteiger charge is -2.36. The van der Waals surface area contributed by atoms with Gasteiger partial charge in [-0.25, -0.2) is 0 Å². The first-order chi connectivity index (χ1) is 12.6. The number of hydrogen-bond acceptors (Lipinski definition) is 3. The molecule has 0 aliphatic carbocycles. The van der Waals surface area contributed by atoms with Gasteiger partial charge < -0.3 is 5.32 Å². The molecule has 1 fully saturated rings. The van der Waals surface area contributed by atoms with Crippen LogP contribution in [0.3, 0.4) is 0 Å². The van der Waals surface area contributed by atoms with E-state index in [1.54, 1.807) is 18.5 Å². The van der Waals surface area contributed by atoms with Crippen LogP contribution < -0.4 is 5.32 Å². The molecule has 2 aromatic rings. The molecule has 28 heavy (non-hydrogen) atoms. The summed E-state index contributed by atoms with van der Waals surface area (Å²) in [6.45, 7) is 1.62. The lowest BCUT2D eigenvalue weighted by molar-refractivity contribution is -0.143. The summed E-state index contributed by atoms with van der Waals surface area (Å²) < 4.78 is 78.3. The zero-order valence-corrected chi connectivity index (χ0v) is 15.3. The Morgan fingerprint density at radius 1 is 1.04 bits per heavy atom. The number of aromatic nitrogens is 1. The highest BCUT2D eigenvalue weighted by atomic mass is 35.5. The summed E-state index contributed by atoms with van der Waals surface area (Å²) in [5.74, 6) is 0. The van der Waals surface area contributed by atoms with Gasteiger partial charge in [0.2, 0.25) is 0 Å². The van der Waals surface area contributed by atoms with Gasteiger partial charge >= 0.3 is 12.4 Å². The molecule has 0 radical (unpaired) electrons. The van der Waals surface area contributed by atoms with Crippen LogP contribution in [0.1, 0.15) is 28.3 Å². The van der Waals surface area contributed by atoms with Crippen molar-refractivity contribution in [2.45, 2.75) is 24.9 Å². The first-order valence-corrected chi connectivity index (χ1v) is 8.27. The molecule has 1 N–H and O–H groups in total. The largest absolute Gasteiger partial charge is 0.416 e. The number of alkyl halides is 6. The van der Waals surface area contributed by atoms with Crippen LogP contribution in [0.4, 0.5) is 26.3 Å². The zero-order valence-electron chi connectivity index (χ0n) is 14.5. The second-order valence-electron chi connectivity index (χ2n) is 6.39. The summed E-state index contributed by atoms with van der Waals surface area (Å²) >= 11 is 0. The molecule has 0 saturated carbocycles. The summed E-state index contributed by atoms with van der Waals surface area (Å²) in [5, 5.41) is 3.19. The van der Waals surface area contributed by atoms with Crippen molar-refractivity contribution in [3.05, 3.63) is 65.0 Å². The number of halogens is 7. The monoisotopic (exact) mass is 425 g/mol. The van der Waals surface area contributed by atoms with E-state index in [4.69, 9.17) is 0 Å². The summed E-state index contributed by atoms with van der Waals surface area (Å²) in [6.07, 6.45) is -6.44. The van der Waals surface area contributed by atoms with Gasteiger partial charge in [0.15, 0.2) is 0 Å². The van der Waals surface area contributed by atoms with Crippen LogP contribution in [-0.4, -0.2) is 29.5 Å². The van der Waals surface area contributed by atoms with Crippen molar-refractivity contribution in [2.75, 3.05) is 19.6 Å². The number of pyridine rings is 1. The predicted molar refractivity (Wildman–Crippen MR) is 94.0 cm³/mol. The Kier molecular flexibility index (Phi) is 6.95. The van der Waals surface area contributed by atoms with Gasteiger partial charge in [0, 0.05) is 44.6 Å². The van der Waals surface area contributed by atoms with Crippen molar-refractivity contribution in [1.29, 1.82) is 0 Å². The van der Waals surface area contributed by atoms with Crippen molar-refractivity contribution >= 4 is 12.4 Å². The van der Waals surface area contributed by atoms with Gasteiger partial charge in [-0.1, -0.05) is 6.07 Å². The molecule has 1 saturated heterocycles. The number of piperazine rings is 1. The minimum atomic E-state index is -4.85.